The Balaban J connectivity index is 2.64. The van der Waals surface area contributed by atoms with Crippen LogP contribution in [0, 0.1) is 0 Å². The van der Waals surface area contributed by atoms with Crippen molar-refractivity contribution in [2.45, 2.75) is 20.0 Å². The van der Waals surface area contributed by atoms with E-state index in [0.29, 0.717) is 13.2 Å². The van der Waals surface area contributed by atoms with E-state index in [2.05, 4.69) is 0 Å². The summed E-state index contributed by atoms with van der Waals surface area (Å²) in [5.41, 5.74) is -0.0151. The van der Waals surface area contributed by atoms with Crippen molar-refractivity contribution >= 4 is 17.6 Å². The summed E-state index contributed by atoms with van der Waals surface area (Å²) in [6, 6.07) is 4.74. The number of hydrogen-bond acceptors (Lipinski definition) is 3. The standard InChI is InChI=1S/C12H15ClO4/c1-8(2)16-6-7-17-10-5-3-4-9(13)11(10)12(14)15/h3-5,8H,6-7H2,1-2H3,(H,14,15). The van der Waals surface area contributed by atoms with Crippen molar-refractivity contribution in [1.29, 1.82) is 0 Å². The minimum absolute atomic E-state index is 0.0151. The fourth-order valence-corrected chi connectivity index (χ4v) is 1.51. The molecule has 0 saturated carbocycles. The molecule has 0 aliphatic carbocycles. The molecule has 0 heterocycles. The number of rotatable bonds is 6. The van der Waals surface area contributed by atoms with Gasteiger partial charge < -0.3 is 14.6 Å². The largest absolute Gasteiger partial charge is 0.490 e. The zero-order valence-corrected chi connectivity index (χ0v) is 10.5. The molecule has 4 nitrogen and oxygen atoms in total. The van der Waals surface area contributed by atoms with Gasteiger partial charge >= 0.3 is 5.97 Å². The maximum Gasteiger partial charge on any atom is 0.341 e. The molecule has 0 radical (unpaired) electrons. The van der Waals surface area contributed by atoms with Gasteiger partial charge in [0.1, 0.15) is 17.9 Å². The second kappa shape index (κ2) is 6.47. The van der Waals surface area contributed by atoms with Crippen molar-refractivity contribution in [2.24, 2.45) is 0 Å². The first-order chi connectivity index (χ1) is 8.02. The molecule has 1 aromatic rings. The van der Waals surface area contributed by atoms with Gasteiger partial charge in [-0.25, -0.2) is 4.79 Å². The molecular weight excluding hydrogens is 244 g/mol. The lowest BCUT2D eigenvalue weighted by Crippen LogP contribution is -2.13. The lowest BCUT2D eigenvalue weighted by molar-refractivity contribution is 0.0538. The van der Waals surface area contributed by atoms with Crippen LogP contribution in [-0.2, 0) is 4.74 Å². The maximum atomic E-state index is 11.0. The molecule has 0 saturated heterocycles. The van der Waals surface area contributed by atoms with Crippen LogP contribution in [0.4, 0.5) is 0 Å². The van der Waals surface area contributed by atoms with E-state index in [1.165, 1.54) is 6.07 Å². The topological polar surface area (TPSA) is 55.8 Å². The molecule has 94 valence electrons. The van der Waals surface area contributed by atoms with Crippen LogP contribution >= 0.6 is 11.6 Å². The van der Waals surface area contributed by atoms with Crippen LogP contribution in [0.2, 0.25) is 5.02 Å². The summed E-state index contributed by atoms with van der Waals surface area (Å²) in [6.07, 6.45) is 0.122. The first-order valence-corrected chi connectivity index (χ1v) is 5.66. The van der Waals surface area contributed by atoms with E-state index in [-0.39, 0.29) is 22.4 Å². The molecule has 0 spiro atoms. The van der Waals surface area contributed by atoms with Gasteiger partial charge in [-0.05, 0) is 26.0 Å². The summed E-state index contributed by atoms with van der Waals surface area (Å²) < 4.78 is 10.6. The normalized spacial score (nSPS) is 10.6. The molecule has 0 aliphatic rings. The van der Waals surface area contributed by atoms with Gasteiger partial charge in [0.2, 0.25) is 0 Å². The molecule has 0 fully saturated rings. The van der Waals surface area contributed by atoms with Crippen LogP contribution in [0.3, 0.4) is 0 Å². The van der Waals surface area contributed by atoms with Crippen LogP contribution in [0.15, 0.2) is 18.2 Å². The minimum atomic E-state index is -1.10. The zero-order chi connectivity index (χ0) is 12.8. The van der Waals surface area contributed by atoms with Gasteiger partial charge in [-0.2, -0.15) is 0 Å². The van der Waals surface area contributed by atoms with Crippen LogP contribution < -0.4 is 4.74 Å². The highest BCUT2D eigenvalue weighted by atomic mass is 35.5. The summed E-state index contributed by atoms with van der Waals surface area (Å²) in [5.74, 6) is -0.840. The first-order valence-electron chi connectivity index (χ1n) is 5.28. The van der Waals surface area contributed by atoms with Crippen LogP contribution in [0.5, 0.6) is 5.75 Å². The number of carboxylic acids is 1. The Morgan fingerprint density at radius 1 is 1.41 bits per heavy atom. The van der Waals surface area contributed by atoms with Crippen molar-refractivity contribution < 1.29 is 19.4 Å². The highest BCUT2D eigenvalue weighted by Gasteiger charge is 2.15. The van der Waals surface area contributed by atoms with Gasteiger partial charge in [0.25, 0.3) is 0 Å². The predicted octanol–water partition coefficient (Wildman–Crippen LogP) is 2.84. The number of aromatic carboxylic acids is 1. The van der Waals surface area contributed by atoms with E-state index in [4.69, 9.17) is 26.2 Å². The van der Waals surface area contributed by atoms with Gasteiger partial charge in [-0.3, -0.25) is 0 Å². The molecule has 0 aromatic heterocycles. The number of carboxylic acid groups (broad SMARTS) is 1. The molecule has 0 aliphatic heterocycles. The van der Waals surface area contributed by atoms with Gasteiger partial charge in [-0.15, -0.1) is 0 Å². The zero-order valence-electron chi connectivity index (χ0n) is 9.77. The summed E-state index contributed by atoms with van der Waals surface area (Å²) in [6.45, 7) is 4.53. The van der Waals surface area contributed by atoms with Crippen molar-refractivity contribution in [2.75, 3.05) is 13.2 Å². The highest BCUT2D eigenvalue weighted by molar-refractivity contribution is 6.33. The van der Waals surface area contributed by atoms with Crippen LogP contribution in [-0.4, -0.2) is 30.4 Å². The van der Waals surface area contributed by atoms with Crippen LogP contribution in [0.1, 0.15) is 24.2 Å². The molecule has 0 amide bonds. The third-order valence-electron chi connectivity index (χ3n) is 1.98. The Morgan fingerprint density at radius 2 is 2.12 bits per heavy atom. The monoisotopic (exact) mass is 258 g/mol. The Morgan fingerprint density at radius 3 is 2.71 bits per heavy atom. The Hall–Kier alpha value is -1.26. The summed E-state index contributed by atoms with van der Waals surface area (Å²) >= 11 is 5.80. The van der Waals surface area contributed by atoms with Gasteiger partial charge in [0.15, 0.2) is 0 Å². The van der Waals surface area contributed by atoms with Gasteiger partial charge in [0, 0.05) is 0 Å². The van der Waals surface area contributed by atoms with Crippen LogP contribution in [0.25, 0.3) is 0 Å². The third kappa shape index (κ3) is 4.24. The molecule has 0 atom stereocenters. The Bertz CT molecular complexity index is 390. The average Bonchev–Trinajstić information content (AvgIpc) is 2.23. The Labute approximate surface area is 105 Å². The van der Waals surface area contributed by atoms with E-state index in [0.717, 1.165) is 0 Å². The van der Waals surface area contributed by atoms with Crippen molar-refractivity contribution in [1.82, 2.24) is 0 Å². The Kier molecular flexibility index (Phi) is 5.25. The second-order valence-electron chi connectivity index (χ2n) is 3.69. The van der Waals surface area contributed by atoms with Crippen molar-refractivity contribution in [3.63, 3.8) is 0 Å². The third-order valence-corrected chi connectivity index (χ3v) is 2.30. The number of halogens is 1. The second-order valence-corrected chi connectivity index (χ2v) is 4.09. The van der Waals surface area contributed by atoms with Crippen molar-refractivity contribution in [3.8, 4) is 5.75 Å². The minimum Gasteiger partial charge on any atom is -0.490 e. The van der Waals surface area contributed by atoms with Crippen molar-refractivity contribution in [3.05, 3.63) is 28.8 Å². The summed E-state index contributed by atoms with van der Waals surface area (Å²) in [4.78, 5) is 11.0. The lowest BCUT2D eigenvalue weighted by atomic mass is 10.2. The quantitative estimate of drug-likeness (QED) is 0.797. The average molecular weight is 259 g/mol. The molecule has 1 N–H and O–H groups in total. The lowest BCUT2D eigenvalue weighted by Gasteiger charge is -2.11. The molecular formula is C12H15ClO4. The van der Waals surface area contributed by atoms with Gasteiger partial charge in [0.05, 0.1) is 17.7 Å². The smallest absolute Gasteiger partial charge is 0.341 e. The molecule has 5 heteroatoms. The summed E-state index contributed by atoms with van der Waals surface area (Å²) in [5, 5.41) is 9.16. The van der Waals surface area contributed by atoms with E-state index < -0.39 is 5.97 Å². The molecule has 1 aromatic carbocycles. The fourth-order valence-electron chi connectivity index (χ4n) is 1.27. The van der Waals surface area contributed by atoms with E-state index in [1.807, 2.05) is 13.8 Å². The molecule has 0 unspecified atom stereocenters. The number of hydrogen-bond donors (Lipinski definition) is 1. The molecule has 0 bridgehead atoms. The summed E-state index contributed by atoms with van der Waals surface area (Å²) in [7, 11) is 0. The maximum absolute atomic E-state index is 11.0. The SMILES string of the molecule is CC(C)OCCOc1cccc(Cl)c1C(=O)O. The van der Waals surface area contributed by atoms with E-state index in [9.17, 15) is 4.79 Å². The number of benzene rings is 1. The highest BCUT2D eigenvalue weighted by Crippen LogP contribution is 2.26. The van der Waals surface area contributed by atoms with Gasteiger partial charge in [-0.1, -0.05) is 17.7 Å². The number of carbonyl (C=O) groups is 1. The van der Waals surface area contributed by atoms with E-state index >= 15 is 0 Å². The first kappa shape index (κ1) is 13.8. The fraction of sp³-hybridized carbons (Fsp3) is 0.417. The van der Waals surface area contributed by atoms with E-state index in [1.54, 1.807) is 12.1 Å². The number of ether oxygens (including phenoxy) is 2. The molecule has 17 heavy (non-hydrogen) atoms. The molecule has 1 rings (SSSR count). The predicted molar refractivity (Wildman–Crippen MR) is 65.0 cm³/mol.